The zero-order valence-corrected chi connectivity index (χ0v) is 15.4. The Bertz CT molecular complexity index is 340. The summed E-state index contributed by atoms with van der Waals surface area (Å²) in [7, 11) is 0. The third kappa shape index (κ3) is 8.31. The summed E-state index contributed by atoms with van der Waals surface area (Å²) in [5.41, 5.74) is 0. The van der Waals surface area contributed by atoms with Gasteiger partial charge in [-0.15, -0.1) is 0 Å². The molecule has 0 radical (unpaired) electrons. The van der Waals surface area contributed by atoms with E-state index in [1.165, 1.54) is 38.9 Å². The summed E-state index contributed by atoms with van der Waals surface area (Å²) in [5.74, 6) is 0.898. The van der Waals surface area contributed by atoms with E-state index in [0.29, 0.717) is 0 Å². The first-order valence-corrected chi connectivity index (χ1v) is 9.78. The van der Waals surface area contributed by atoms with Gasteiger partial charge in [0.15, 0.2) is 0 Å². The summed E-state index contributed by atoms with van der Waals surface area (Å²) in [6.07, 6.45) is 5.91. The molecule has 24 heavy (non-hydrogen) atoms. The molecule has 0 atom stereocenters. The van der Waals surface area contributed by atoms with Gasteiger partial charge in [-0.2, -0.15) is 0 Å². The molecule has 2 fully saturated rings. The van der Waals surface area contributed by atoms with Gasteiger partial charge in [-0.1, -0.05) is 6.92 Å². The molecule has 2 heterocycles. The van der Waals surface area contributed by atoms with Crippen LogP contribution in [0.4, 0.5) is 4.79 Å². The molecule has 0 spiro atoms. The molecule has 2 saturated heterocycles. The second kappa shape index (κ2) is 11.7. The number of amides is 2. The van der Waals surface area contributed by atoms with Crippen LogP contribution in [0.25, 0.3) is 0 Å². The Hall–Kier alpha value is -0.850. The van der Waals surface area contributed by atoms with Gasteiger partial charge in [0.25, 0.3) is 0 Å². The van der Waals surface area contributed by atoms with Crippen LogP contribution in [-0.4, -0.2) is 81.4 Å². The molecule has 6 nitrogen and oxygen atoms in total. The Balaban J connectivity index is 1.37. The largest absolute Gasteiger partial charge is 0.379 e. The SMILES string of the molecule is CC1CCN(CCCCNC(=O)NCCCN2CCOCC2)CC1. The lowest BCUT2D eigenvalue weighted by Gasteiger charge is -2.30. The Morgan fingerprint density at radius 1 is 0.917 bits per heavy atom. The molecule has 6 heteroatoms. The van der Waals surface area contributed by atoms with Crippen LogP contribution in [-0.2, 0) is 4.74 Å². The number of hydrogen-bond acceptors (Lipinski definition) is 4. The molecule has 0 saturated carbocycles. The first-order valence-electron chi connectivity index (χ1n) is 9.78. The Labute approximate surface area is 147 Å². The number of piperidine rings is 1. The first kappa shape index (κ1) is 19.5. The third-order valence-electron chi connectivity index (χ3n) is 5.10. The average molecular weight is 341 g/mol. The maximum absolute atomic E-state index is 11.7. The van der Waals surface area contributed by atoms with Crippen molar-refractivity contribution in [1.82, 2.24) is 20.4 Å². The van der Waals surface area contributed by atoms with Crippen LogP contribution in [0.1, 0.15) is 39.0 Å². The molecule has 0 bridgehead atoms. The zero-order chi connectivity index (χ0) is 17.0. The van der Waals surface area contributed by atoms with Gasteiger partial charge in [0.1, 0.15) is 0 Å². The van der Waals surface area contributed by atoms with Crippen molar-refractivity contribution in [3.8, 4) is 0 Å². The van der Waals surface area contributed by atoms with Gasteiger partial charge in [0, 0.05) is 26.2 Å². The van der Waals surface area contributed by atoms with E-state index in [1.807, 2.05) is 0 Å². The van der Waals surface area contributed by atoms with Gasteiger partial charge < -0.3 is 20.3 Å². The molecular weight excluding hydrogens is 304 g/mol. The Morgan fingerprint density at radius 3 is 2.21 bits per heavy atom. The van der Waals surface area contributed by atoms with Crippen LogP contribution < -0.4 is 10.6 Å². The van der Waals surface area contributed by atoms with Gasteiger partial charge >= 0.3 is 6.03 Å². The molecule has 140 valence electrons. The molecule has 0 aromatic carbocycles. The number of carbonyl (C=O) groups is 1. The normalized spacial score (nSPS) is 20.9. The van der Waals surface area contributed by atoms with E-state index < -0.39 is 0 Å². The quantitative estimate of drug-likeness (QED) is 0.625. The summed E-state index contributed by atoms with van der Waals surface area (Å²) < 4.78 is 5.33. The second-order valence-corrected chi connectivity index (χ2v) is 7.22. The van der Waals surface area contributed by atoms with Crippen molar-refractivity contribution in [2.24, 2.45) is 5.92 Å². The lowest BCUT2D eigenvalue weighted by Crippen LogP contribution is -2.40. The fourth-order valence-corrected chi connectivity index (χ4v) is 3.34. The van der Waals surface area contributed by atoms with Crippen molar-refractivity contribution >= 4 is 6.03 Å². The standard InChI is InChI=1S/C18H36N4O2/c1-17-5-11-21(12-6-17)9-3-2-7-19-18(23)20-8-4-10-22-13-15-24-16-14-22/h17H,2-16H2,1H3,(H2,19,20,23). The van der Waals surface area contributed by atoms with E-state index in [0.717, 1.165) is 64.7 Å². The Kier molecular flexibility index (Phi) is 9.46. The molecule has 2 N–H and O–H groups in total. The van der Waals surface area contributed by atoms with Crippen molar-refractivity contribution in [2.45, 2.75) is 39.0 Å². The minimum absolute atomic E-state index is 0.0243. The number of nitrogens with one attached hydrogen (secondary N) is 2. The highest BCUT2D eigenvalue weighted by Gasteiger charge is 2.14. The monoisotopic (exact) mass is 340 g/mol. The number of likely N-dealkylation sites (tertiary alicyclic amines) is 1. The van der Waals surface area contributed by atoms with E-state index in [1.54, 1.807) is 0 Å². The summed E-state index contributed by atoms with van der Waals surface area (Å²) in [4.78, 5) is 16.7. The topological polar surface area (TPSA) is 56.8 Å². The molecule has 2 rings (SSSR count). The molecular formula is C18H36N4O2. The minimum Gasteiger partial charge on any atom is -0.379 e. The number of hydrogen-bond donors (Lipinski definition) is 2. The molecule has 2 aliphatic heterocycles. The maximum Gasteiger partial charge on any atom is 0.314 e. The second-order valence-electron chi connectivity index (χ2n) is 7.22. The predicted molar refractivity (Wildman–Crippen MR) is 97.3 cm³/mol. The summed E-state index contributed by atoms with van der Waals surface area (Å²) in [6, 6.07) is -0.0243. The molecule has 0 unspecified atom stereocenters. The molecule has 0 aromatic rings. The van der Waals surface area contributed by atoms with Crippen molar-refractivity contribution in [2.75, 3.05) is 65.6 Å². The fraction of sp³-hybridized carbons (Fsp3) is 0.944. The van der Waals surface area contributed by atoms with Gasteiger partial charge in [0.2, 0.25) is 0 Å². The zero-order valence-electron chi connectivity index (χ0n) is 15.4. The Morgan fingerprint density at radius 2 is 1.50 bits per heavy atom. The van der Waals surface area contributed by atoms with E-state index >= 15 is 0 Å². The van der Waals surface area contributed by atoms with Gasteiger partial charge in [-0.25, -0.2) is 4.79 Å². The first-order chi connectivity index (χ1) is 11.7. The average Bonchev–Trinajstić information content (AvgIpc) is 2.61. The van der Waals surface area contributed by atoms with E-state index in [-0.39, 0.29) is 6.03 Å². The van der Waals surface area contributed by atoms with Crippen LogP contribution in [0.5, 0.6) is 0 Å². The van der Waals surface area contributed by atoms with Crippen molar-refractivity contribution in [3.63, 3.8) is 0 Å². The number of urea groups is 1. The summed E-state index contributed by atoms with van der Waals surface area (Å²) in [6.45, 7) is 12.3. The fourth-order valence-electron chi connectivity index (χ4n) is 3.34. The third-order valence-corrected chi connectivity index (χ3v) is 5.10. The molecule has 2 amide bonds. The summed E-state index contributed by atoms with van der Waals surface area (Å²) >= 11 is 0. The number of carbonyl (C=O) groups excluding carboxylic acids is 1. The van der Waals surface area contributed by atoms with Crippen LogP contribution in [0.2, 0.25) is 0 Å². The summed E-state index contributed by atoms with van der Waals surface area (Å²) in [5, 5.41) is 5.91. The van der Waals surface area contributed by atoms with Crippen molar-refractivity contribution < 1.29 is 9.53 Å². The van der Waals surface area contributed by atoms with Crippen LogP contribution in [0.15, 0.2) is 0 Å². The van der Waals surface area contributed by atoms with Crippen LogP contribution in [0.3, 0.4) is 0 Å². The molecule has 0 aliphatic carbocycles. The number of morpholine rings is 1. The number of unbranched alkanes of at least 4 members (excludes halogenated alkanes) is 1. The van der Waals surface area contributed by atoms with Crippen molar-refractivity contribution in [3.05, 3.63) is 0 Å². The van der Waals surface area contributed by atoms with Gasteiger partial charge in [-0.3, -0.25) is 4.90 Å². The van der Waals surface area contributed by atoms with Crippen molar-refractivity contribution in [1.29, 1.82) is 0 Å². The lowest BCUT2D eigenvalue weighted by atomic mass is 9.99. The minimum atomic E-state index is -0.0243. The molecule has 0 aromatic heterocycles. The molecule has 2 aliphatic rings. The van der Waals surface area contributed by atoms with Gasteiger partial charge in [-0.05, 0) is 64.2 Å². The number of ether oxygens (including phenoxy) is 1. The van der Waals surface area contributed by atoms with Crippen LogP contribution in [0, 0.1) is 5.92 Å². The van der Waals surface area contributed by atoms with E-state index in [9.17, 15) is 4.79 Å². The highest BCUT2D eigenvalue weighted by Crippen LogP contribution is 2.15. The highest BCUT2D eigenvalue weighted by atomic mass is 16.5. The predicted octanol–water partition coefficient (Wildman–Crippen LogP) is 1.52. The van der Waals surface area contributed by atoms with Crippen LogP contribution >= 0.6 is 0 Å². The smallest absolute Gasteiger partial charge is 0.314 e. The maximum atomic E-state index is 11.7. The number of nitrogens with zero attached hydrogens (tertiary/aromatic N) is 2. The number of rotatable bonds is 9. The lowest BCUT2D eigenvalue weighted by molar-refractivity contribution is 0.0375. The van der Waals surface area contributed by atoms with Gasteiger partial charge in [0.05, 0.1) is 13.2 Å². The van der Waals surface area contributed by atoms with E-state index in [4.69, 9.17) is 4.74 Å². The van der Waals surface area contributed by atoms with E-state index in [2.05, 4.69) is 27.4 Å². The highest BCUT2D eigenvalue weighted by molar-refractivity contribution is 5.73.